The van der Waals surface area contributed by atoms with E-state index in [4.69, 9.17) is 4.43 Å². The summed E-state index contributed by atoms with van der Waals surface area (Å²) in [4.78, 5) is 0. The molecule has 2 heteroatoms. The van der Waals surface area contributed by atoms with Gasteiger partial charge in [-0.05, 0) is 55.0 Å². The summed E-state index contributed by atoms with van der Waals surface area (Å²) in [7, 11) is -1.59. The van der Waals surface area contributed by atoms with Crippen molar-refractivity contribution in [1.29, 1.82) is 0 Å². The fraction of sp³-hybridized carbons (Fsp3) is 0.524. The van der Waals surface area contributed by atoms with Gasteiger partial charge in [-0.2, -0.15) is 0 Å². The highest BCUT2D eigenvalue weighted by molar-refractivity contribution is 6.74. The third-order valence-electron chi connectivity index (χ3n) is 5.21. The van der Waals surface area contributed by atoms with E-state index in [-0.39, 0.29) is 0 Å². The summed E-state index contributed by atoms with van der Waals surface area (Å²) in [5.74, 6) is 0. The average Bonchev–Trinajstić information content (AvgIpc) is 2.52. The maximum absolute atomic E-state index is 6.29. The van der Waals surface area contributed by atoms with Crippen molar-refractivity contribution in [2.45, 2.75) is 64.6 Å². The molecule has 0 aromatic heterocycles. The lowest BCUT2D eigenvalue weighted by Gasteiger charge is -2.36. The zero-order valence-electron chi connectivity index (χ0n) is 15.5. The molecule has 1 aromatic carbocycles. The molecule has 23 heavy (non-hydrogen) atoms. The van der Waals surface area contributed by atoms with Crippen LogP contribution in [0.15, 0.2) is 48.1 Å². The molecular weight excluding hydrogens is 296 g/mol. The first-order valence-electron chi connectivity index (χ1n) is 8.88. The molecule has 1 aromatic rings. The Hall–Kier alpha value is -1.12. The second-order valence-corrected chi connectivity index (χ2v) is 12.9. The minimum Gasteiger partial charge on any atom is -0.417 e. The Morgan fingerprint density at radius 3 is 2.43 bits per heavy atom. The lowest BCUT2D eigenvalue weighted by atomic mass is 9.92. The molecule has 0 heterocycles. The van der Waals surface area contributed by atoms with E-state index < -0.39 is 8.32 Å². The SMILES string of the molecule is CC(C)(C)[Si](C)(C)OCCCC1=CC(c2ccccc2)=CCC1. The van der Waals surface area contributed by atoms with Crippen molar-refractivity contribution in [3.63, 3.8) is 0 Å². The normalized spacial score (nSPS) is 16.0. The highest BCUT2D eigenvalue weighted by Crippen LogP contribution is 2.36. The molecule has 0 N–H and O–H groups in total. The van der Waals surface area contributed by atoms with Crippen molar-refractivity contribution in [3.8, 4) is 0 Å². The third kappa shape index (κ3) is 5.19. The van der Waals surface area contributed by atoms with Crippen LogP contribution < -0.4 is 0 Å². The van der Waals surface area contributed by atoms with Crippen LogP contribution in [0.1, 0.15) is 52.0 Å². The van der Waals surface area contributed by atoms with E-state index in [1.807, 2.05) is 0 Å². The van der Waals surface area contributed by atoms with E-state index in [2.05, 4.69) is 76.3 Å². The summed E-state index contributed by atoms with van der Waals surface area (Å²) < 4.78 is 6.29. The molecule has 0 spiro atoms. The van der Waals surface area contributed by atoms with Crippen LogP contribution in [-0.2, 0) is 4.43 Å². The Kier molecular flexibility index (Phi) is 6.04. The van der Waals surface area contributed by atoms with E-state index in [9.17, 15) is 0 Å². The lowest BCUT2D eigenvalue weighted by Crippen LogP contribution is -2.40. The number of hydrogen-bond donors (Lipinski definition) is 0. The van der Waals surface area contributed by atoms with Gasteiger partial charge in [0, 0.05) is 6.61 Å². The van der Waals surface area contributed by atoms with Gasteiger partial charge in [0.1, 0.15) is 0 Å². The second kappa shape index (κ2) is 7.63. The van der Waals surface area contributed by atoms with Gasteiger partial charge in [0.05, 0.1) is 0 Å². The van der Waals surface area contributed by atoms with Crippen molar-refractivity contribution in [1.82, 2.24) is 0 Å². The Labute approximate surface area is 143 Å². The van der Waals surface area contributed by atoms with E-state index in [0.29, 0.717) is 5.04 Å². The van der Waals surface area contributed by atoms with Crippen LogP contribution in [0.5, 0.6) is 0 Å². The maximum atomic E-state index is 6.29. The van der Waals surface area contributed by atoms with Crippen LogP contribution in [0.25, 0.3) is 5.57 Å². The second-order valence-electron chi connectivity index (χ2n) is 8.08. The van der Waals surface area contributed by atoms with Crippen molar-refractivity contribution < 1.29 is 4.43 Å². The molecule has 1 aliphatic carbocycles. The molecule has 0 saturated carbocycles. The molecule has 0 aliphatic heterocycles. The molecular formula is C21H32OSi. The van der Waals surface area contributed by atoms with Crippen LogP contribution in [0.2, 0.25) is 18.1 Å². The van der Waals surface area contributed by atoms with Gasteiger partial charge >= 0.3 is 0 Å². The Morgan fingerprint density at radius 1 is 1.09 bits per heavy atom. The third-order valence-corrected chi connectivity index (χ3v) is 9.75. The van der Waals surface area contributed by atoms with E-state index in [1.54, 1.807) is 5.57 Å². The first kappa shape index (κ1) is 18.2. The number of allylic oxidation sites excluding steroid dienone is 4. The highest BCUT2D eigenvalue weighted by atomic mass is 28.4. The monoisotopic (exact) mass is 328 g/mol. The smallest absolute Gasteiger partial charge is 0.191 e. The van der Waals surface area contributed by atoms with Gasteiger partial charge in [-0.15, -0.1) is 0 Å². The molecule has 126 valence electrons. The predicted molar refractivity (Wildman–Crippen MR) is 104 cm³/mol. The Balaban J connectivity index is 1.85. The van der Waals surface area contributed by atoms with Gasteiger partial charge < -0.3 is 4.43 Å². The van der Waals surface area contributed by atoms with Crippen LogP contribution in [-0.4, -0.2) is 14.9 Å². The minimum absolute atomic E-state index is 0.306. The first-order valence-corrected chi connectivity index (χ1v) is 11.8. The summed E-state index contributed by atoms with van der Waals surface area (Å²) in [5.41, 5.74) is 4.30. The molecule has 0 saturated heterocycles. The predicted octanol–water partition coefficient (Wildman–Crippen LogP) is 6.59. The number of rotatable bonds is 6. The zero-order valence-corrected chi connectivity index (χ0v) is 16.5. The quantitative estimate of drug-likeness (QED) is 0.422. The zero-order chi connectivity index (χ0) is 16.9. The van der Waals surface area contributed by atoms with E-state index >= 15 is 0 Å². The van der Waals surface area contributed by atoms with Gasteiger partial charge in [-0.1, -0.05) is 68.8 Å². The standard InChI is InChI=1S/C21H32OSi/c1-21(2,3)23(4,5)22-16-10-12-18-11-9-15-20(17-18)19-13-7-6-8-14-19/h6-8,13-15,17H,9-12,16H2,1-5H3. The van der Waals surface area contributed by atoms with E-state index in [0.717, 1.165) is 13.0 Å². The largest absolute Gasteiger partial charge is 0.417 e. The average molecular weight is 329 g/mol. The molecule has 0 atom stereocenters. The molecule has 0 unspecified atom stereocenters. The summed E-state index contributed by atoms with van der Waals surface area (Å²) in [6, 6.07) is 10.7. The van der Waals surface area contributed by atoms with Crippen LogP contribution >= 0.6 is 0 Å². The molecule has 1 aliphatic rings. The lowest BCUT2D eigenvalue weighted by molar-refractivity contribution is 0.282. The van der Waals surface area contributed by atoms with E-state index in [1.165, 1.54) is 30.4 Å². The maximum Gasteiger partial charge on any atom is 0.191 e. The van der Waals surface area contributed by atoms with Crippen molar-refractivity contribution in [2.24, 2.45) is 0 Å². The van der Waals surface area contributed by atoms with Crippen molar-refractivity contribution in [3.05, 3.63) is 53.6 Å². The van der Waals surface area contributed by atoms with Crippen molar-refractivity contribution in [2.75, 3.05) is 6.61 Å². The van der Waals surface area contributed by atoms with Crippen LogP contribution in [0, 0.1) is 0 Å². The molecule has 0 amide bonds. The Bertz CT molecular complexity index is 561. The van der Waals surface area contributed by atoms with Gasteiger partial charge in [0.15, 0.2) is 8.32 Å². The summed E-state index contributed by atoms with van der Waals surface area (Å²) >= 11 is 0. The fourth-order valence-corrected chi connectivity index (χ4v) is 3.72. The van der Waals surface area contributed by atoms with Crippen LogP contribution in [0.3, 0.4) is 0 Å². The van der Waals surface area contributed by atoms with Gasteiger partial charge in [0.2, 0.25) is 0 Å². The summed E-state index contributed by atoms with van der Waals surface area (Å²) in [6.07, 6.45) is 9.44. The van der Waals surface area contributed by atoms with Gasteiger partial charge in [-0.3, -0.25) is 0 Å². The molecule has 0 bridgehead atoms. The molecule has 2 rings (SSSR count). The summed E-state index contributed by atoms with van der Waals surface area (Å²) in [5, 5.41) is 0.306. The van der Waals surface area contributed by atoms with Gasteiger partial charge in [0.25, 0.3) is 0 Å². The number of hydrogen-bond acceptors (Lipinski definition) is 1. The molecule has 0 fully saturated rings. The van der Waals surface area contributed by atoms with Crippen molar-refractivity contribution >= 4 is 13.9 Å². The minimum atomic E-state index is -1.59. The fourth-order valence-electron chi connectivity index (χ4n) is 2.64. The molecule has 1 nitrogen and oxygen atoms in total. The topological polar surface area (TPSA) is 9.23 Å². The number of benzene rings is 1. The Morgan fingerprint density at radius 2 is 1.78 bits per heavy atom. The summed E-state index contributed by atoms with van der Waals surface area (Å²) in [6.45, 7) is 12.5. The highest BCUT2D eigenvalue weighted by Gasteiger charge is 2.36. The first-order chi connectivity index (χ1) is 10.8. The van der Waals surface area contributed by atoms with Gasteiger partial charge in [-0.25, -0.2) is 0 Å². The van der Waals surface area contributed by atoms with Crippen LogP contribution in [0.4, 0.5) is 0 Å². The molecule has 0 radical (unpaired) electrons.